The van der Waals surface area contributed by atoms with E-state index in [1.807, 2.05) is 13.2 Å². The van der Waals surface area contributed by atoms with Gasteiger partial charge in [-0.15, -0.1) is 35.3 Å². The minimum absolute atomic E-state index is 0. The van der Waals surface area contributed by atoms with Crippen molar-refractivity contribution in [2.75, 3.05) is 20.1 Å². The van der Waals surface area contributed by atoms with E-state index < -0.39 is 0 Å². The lowest BCUT2D eigenvalue weighted by atomic mass is 9.68. The lowest BCUT2D eigenvalue weighted by molar-refractivity contribution is 0.151. The Hall–Kier alpha value is -0.370. The molecule has 118 valence electrons. The molecule has 1 aromatic rings. The molecule has 1 saturated carbocycles. The maximum Gasteiger partial charge on any atom is 0.194 e. The molecule has 4 nitrogen and oxygen atoms in total. The molecule has 2 heterocycles. The first-order chi connectivity index (χ1) is 9.74. The van der Waals surface area contributed by atoms with E-state index in [2.05, 4.69) is 27.1 Å². The average molecular weight is 420 g/mol. The molecule has 0 bridgehead atoms. The van der Waals surface area contributed by atoms with Crippen molar-refractivity contribution >= 4 is 41.3 Å². The highest BCUT2D eigenvalue weighted by molar-refractivity contribution is 14.0. The molecular formula is C15H25IN4S. The van der Waals surface area contributed by atoms with Crippen molar-refractivity contribution in [3.63, 3.8) is 0 Å². The highest BCUT2D eigenvalue weighted by Gasteiger charge is 2.43. The van der Waals surface area contributed by atoms with E-state index in [1.165, 1.54) is 37.1 Å². The van der Waals surface area contributed by atoms with Gasteiger partial charge in [0.2, 0.25) is 0 Å². The Kier molecular flexibility index (Phi) is 5.88. The largest absolute Gasteiger partial charge is 0.350 e. The average Bonchev–Trinajstić information content (AvgIpc) is 3.05. The monoisotopic (exact) mass is 420 g/mol. The maximum atomic E-state index is 4.46. The van der Waals surface area contributed by atoms with Gasteiger partial charge in [0, 0.05) is 31.2 Å². The molecule has 0 atom stereocenters. The number of likely N-dealkylation sites (tertiary alicyclic amines) is 1. The number of nitrogens with one attached hydrogen (secondary N) is 1. The second-order valence-electron chi connectivity index (χ2n) is 6.00. The van der Waals surface area contributed by atoms with Crippen LogP contribution in [0.2, 0.25) is 0 Å². The Labute approximate surface area is 148 Å². The highest BCUT2D eigenvalue weighted by atomic mass is 127. The summed E-state index contributed by atoms with van der Waals surface area (Å²) >= 11 is 1.80. The molecule has 6 heteroatoms. The quantitative estimate of drug-likeness (QED) is 0.464. The molecule has 2 fully saturated rings. The number of halogens is 1. The number of hydrogen-bond acceptors (Lipinski definition) is 3. The number of aromatic nitrogens is 1. The van der Waals surface area contributed by atoms with Crippen LogP contribution in [0.4, 0.5) is 0 Å². The lowest BCUT2D eigenvalue weighted by Crippen LogP contribution is -2.42. The third-order valence-corrected chi connectivity index (χ3v) is 5.85. The first kappa shape index (κ1) is 17.0. The Morgan fingerprint density at radius 2 is 2.29 bits per heavy atom. The smallest absolute Gasteiger partial charge is 0.194 e. The van der Waals surface area contributed by atoms with Crippen LogP contribution in [-0.2, 0) is 13.0 Å². The van der Waals surface area contributed by atoms with Crippen LogP contribution in [0.5, 0.6) is 0 Å². The molecule has 1 aliphatic carbocycles. The first-order valence-corrected chi connectivity index (χ1v) is 8.45. The normalized spacial score (nSPS) is 20.3. The van der Waals surface area contributed by atoms with E-state index in [0.717, 1.165) is 30.5 Å². The molecule has 3 rings (SSSR count). The van der Waals surface area contributed by atoms with Gasteiger partial charge in [-0.3, -0.25) is 4.99 Å². The van der Waals surface area contributed by atoms with E-state index >= 15 is 0 Å². The Bertz CT molecular complexity index is 496. The van der Waals surface area contributed by atoms with Gasteiger partial charge in [-0.25, -0.2) is 4.98 Å². The third kappa shape index (κ3) is 3.70. The van der Waals surface area contributed by atoms with Crippen LogP contribution in [0.1, 0.15) is 42.5 Å². The second-order valence-corrected chi connectivity index (χ2v) is 7.20. The molecule has 0 amide bonds. The van der Waals surface area contributed by atoms with Crippen molar-refractivity contribution in [3.05, 3.63) is 16.1 Å². The van der Waals surface area contributed by atoms with Gasteiger partial charge in [-0.1, -0.05) is 13.3 Å². The summed E-state index contributed by atoms with van der Waals surface area (Å²) < 4.78 is 0. The van der Waals surface area contributed by atoms with Crippen molar-refractivity contribution < 1.29 is 0 Å². The fraction of sp³-hybridized carbons (Fsp3) is 0.733. The summed E-state index contributed by atoms with van der Waals surface area (Å²) in [6.07, 6.45) is 8.63. The minimum Gasteiger partial charge on any atom is -0.350 e. The zero-order valence-electron chi connectivity index (χ0n) is 12.9. The molecular weight excluding hydrogens is 395 g/mol. The van der Waals surface area contributed by atoms with E-state index in [9.17, 15) is 0 Å². The molecule has 1 N–H and O–H groups in total. The van der Waals surface area contributed by atoms with Crippen LogP contribution >= 0.6 is 35.3 Å². The van der Waals surface area contributed by atoms with E-state index in [-0.39, 0.29) is 24.0 Å². The second kappa shape index (κ2) is 7.26. The SMILES string of the molecule is CCc1cnc(CNC(=NC)N2CCC3(CCC3)C2)s1.I. The number of nitrogens with zero attached hydrogens (tertiary/aromatic N) is 3. The summed E-state index contributed by atoms with van der Waals surface area (Å²) in [5.41, 5.74) is 0.619. The van der Waals surface area contributed by atoms with Crippen LogP contribution in [0.3, 0.4) is 0 Å². The van der Waals surface area contributed by atoms with Crippen LogP contribution in [-0.4, -0.2) is 36.0 Å². The Balaban J connectivity index is 0.00000161. The number of guanidine groups is 1. The molecule has 1 aliphatic heterocycles. The maximum absolute atomic E-state index is 4.46. The lowest BCUT2D eigenvalue weighted by Gasteiger charge is -2.38. The molecule has 1 spiro atoms. The minimum atomic E-state index is 0. The summed E-state index contributed by atoms with van der Waals surface area (Å²) in [5.74, 6) is 1.04. The predicted octanol–water partition coefficient (Wildman–Crippen LogP) is 3.27. The highest BCUT2D eigenvalue weighted by Crippen LogP contribution is 2.47. The molecule has 0 radical (unpaired) electrons. The van der Waals surface area contributed by atoms with Gasteiger partial charge in [-0.2, -0.15) is 0 Å². The number of thiazole rings is 1. The summed E-state index contributed by atoms with van der Waals surface area (Å²) in [4.78, 5) is 12.7. The van der Waals surface area contributed by atoms with Crippen molar-refractivity contribution in [3.8, 4) is 0 Å². The fourth-order valence-electron chi connectivity index (χ4n) is 3.28. The third-order valence-electron chi connectivity index (χ3n) is 4.71. The van der Waals surface area contributed by atoms with E-state index in [1.54, 1.807) is 11.3 Å². The van der Waals surface area contributed by atoms with Crippen molar-refractivity contribution in [1.82, 2.24) is 15.2 Å². The summed E-state index contributed by atoms with van der Waals surface area (Å²) in [7, 11) is 1.88. The summed E-state index contributed by atoms with van der Waals surface area (Å²) in [6.45, 7) is 5.30. The van der Waals surface area contributed by atoms with Gasteiger partial charge in [0.1, 0.15) is 5.01 Å². The Morgan fingerprint density at radius 3 is 2.81 bits per heavy atom. The van der Waals surface area contributed by atoms with E-state index in [4.69, 9.17) is 0 Å². The zero-order chi connectivity index (χ0) is 14.0. The molecule has 1 saturated heterocycles. The van der Waals surface area contributed by atoms with Crippen LogP contribution in [0.25, 0.3) is 0 Å². The van der Waals surface area contributed by atoms with Gasteiger partial charge in [0.15, 0.2) is 5.96 Å². The number of rotatable bonds is 3. The molecule has 1 aromatic heterocycles. The van der Waals surface area contributed by atoms with Crippen LogP contribution in [0.15, 0.2) is 11.2 Å². The Morgan fingerprint density at radius 1 is 1.48 bits per heavy atom. The summed E-state index contributed by atoms with van der Waals surface area (Å²) in [6, 6.07) is 0. The molecule has 0 aromatic carbocycles. The van der Waals surface area contributed by atoms with Gasteiger partial charge in [-0.05, 0) is 31.1 Å². The molecule has 0 unspecified atom stereocenters. The zero-order valence-corrected chi connectivity index (χ0v) is 16.0. The van der Waals surface area contributed by atoms with Crippen molar-refractivity contribution in [2.45, 2.75) is 45.6 Å². The predicted molar refractivity (Wildman–Crippen MR) is 99.6 cm³/mol. The standard InChI is InChI=1S/C15H24N4S.HI/c1-3-12-9-17-13(20-12)10-18-14(16-2)19-8-7-15(11-19)5-4-6-15;/h9H,3-8,10-11H2,1-2H3,(H,16,18);1H. The number of aryl methyl sites for hydroxylation is 1. The fourth-order valence-corrected chi connectivity index (χ4v) is 4.08. The number of hydrogen-bond donors (Lipinski definition) is 1. The van der Waals surface area contributed by atoms with Gasteiger partial charge >= 0.3 is 0 Å². The van der Waals surface area contributed by atoms with E-state index in [0.29, 0.717) is 5.41 Å². The van der Waals surface area contributed by atoms with Crippen molar-refractivity contribution in [2.24, 2.45) is 10.4 Å². The van der Waals surface area contributed by atoms with Gasteiger partial charge < -0.3 is 10.2 Å². The number of aliphatic imine (C=N–C) groups is 1. The molecule has 2 aliphatic rings. The van der Waals surface area contributed by atoms with Crippen molar-refractivity contribution in [1.29, 1.82) is 0 Å². The topological polar surface area (TPSA) is 40.5 Å². The van der Waals surface area contributed by atoms with Gasteiger partial charge in [0.05, 0.1) is 6.54 Å². The first-order valence-electron chi connectivity index (χ1n) is 7.64. The van der Waals surface area contributed by atoms with Gasteiger partial charge in [0.25, 0.3) is 0 Å². The van der Waals surface area contributed by atoms with Crippen LogP contribution < -0.4 is 5.32 Å². The van der Waals surface area contributed by atoms with Crippen LogP contribution in [0, 0.1) is 5.41 Å². The summed E-state index contributed by atoms with van der Waals surface area (Å²) in [5, 5.41) is 4.63. The molecule has 21 heavy (non-hydrogen) atoms.